The number of hydrogen-bond donors (Lipinski definition) is 1. The summed E-state index contributed by atoms with van der Waals surface area (Å²) in [5.74, 6) is 3.85. The fourth-order valence-electron chi connectivity index (χ4n) is 4.64. The SMILES string of the molecule is CCCC1CCC(CN)C(C2CCCCCC2)C1. The van der Waals surface area contributed by atoms with Crippen LogP contribution < -0.4 is 5.73 Å². The molecular formula is C17H33N. The van der Waals surface area contributed by atoms with E-state index in [1.54, 1.807) is 0 Å². The Morgan fingerprint density at radius 3 is 2.28 bits per heavy atom. The molecule has 0 aromatic rings. The third kappa shape index (κ3) is 3.73. The lowest BCUT2D eigenvalue weighted by molar-refractivity contribution is 0.110. The summed E-state index contributed by atoms with van der Waals surface area (Å²) in [6.07, 6.45) is 16.1. The van der Waals surface area contributed by atoms with E-state index in [2.05, 4.69) is 6.92 Å². The van der Waals surface area contributed by atoms with Crippen LogP contribution in [0.25, 0.3) is 0 Å². The van der Waals surface area contributed by atoms with Crippen molar-refractivity contribution in [2.75, 3.05) is 6.54 Å². The van der Waals surface area contributed by atoms with Crippen molar-refractivity contribution in [1.29, 1.82) is 0 Å². The minimum Gasteiger partial charge on any atom is -0.330 e. The van der Waals surface area contributed by atoms with Gasteiger partial charge in [-0.3, -0.25) is 0 Å². The molecule has 0 aliphatic heterocycles. The van der Waals surface area contributed by atoms with Crippen LogP contribution in [-0.2, 0) is 0 Å². The average molecular weight is 251 g/mol. The molecule has 0 saturated heterocycles. The monoisotopic (exact) mass is 251 g/mol. The average Bonchev–Trinajstić information content (AvgIpc) is 2.68. The van der Waals surface area contributed by atoms with E-state index in [9.17, 15) is 0 Å². The van der Waals surface area contributed by atoms with Crippen molar-refractivity contribution < 1.29 is 0 Å². The van der Waals surface area contributed by atoms with Crippen LogP contribution >= 0.6 is 0 Å². The van der Waals surface area contributed by atoms with Gasteiger partial charge in [0.25, 0.3) is 0 Å². The van der Waals surface area contributed by atoms with E-state index in [0.29, 0.717) is 0 Å². The molecule has 1 heteroatoms. The molecule has 2 N–H and O–H groups in total. The largest absolute Gasteiger partial charge is 0.330 e. The Hall–Kier alpha value is -0.0400. The van der Waals surface area contributed by atoms with Crippen molar-refractivity contribution in [2.24, 2.45) is 29.4 Å². The van der Waals surface area contributed by atoms with Crippen molar-refractivity contribution in [3.05, 3.63) is 0 Å². The second-order valence-electron chi connectivity index (χ2n) is 6.88. The fourth-order valence-corrected chi connectivity index (χ4v) is 4.64. The van der Waals surface area contributed by atoms with Crippen LogP contribution in [0.4, 0.5) is 0 Å². The van der Waals surface area contributed by atoms with Crippen molar-refractivity contribution in [3.8, 4) is 0 Å². The summed E-state index contributed by atoms with van der Waals surface area (Å²) < 4.78 is 0. The summed E-state index contributed by atoms with van der Waals surface area (Å²) >= 11 is 0. The summed E-state index contributed by atoms with van der Waals surface area (Å²) in [5, 5.41) is 0. The first-order valence-corrected chi connectivity index (χ1v) is 8.55. The molecule has 0 bridgehead atoms. The Labute approximate surface area is 114 Å². The van der Waals surface area contributed by atoms with E-state index in [0.717, 1.165) is 30.2 Å². The molecule has 2 aliphatic rings. The molecule has 0 amide bonds. The minimum atomic E-state index is 0.848. The van der Waals surface area contributed by atoms with Crippen molar-refractivity contribution in [2.45, 2.75) is 77.6 Å². The lowest BCUT2D eigenvalue weighted by atomic mass is 9.66. The topological polar surface area (TPSA) is 26.0 Å². The third-order valence-corrected chi connectivity index (χ3v) is 5.66. The highest BCUT2D eigenvalue weighted by atomic mass is 14.6. The maximum Gasteiger partial charge on any atom is -0.00461 e. The van der Waals surface area contributed by atoms with E-state index in [4.69, 9.17) is 5.73 Å². The Morgan fingerprint density at radius 2 is 1.67 bits per heavy atom. The van der Waals surface area contributed by atoms with Crippen LogP contribution in [0.3, 0.4) is 0 Å². The highest BCUT2D eigenvalue weighted by molar-refractivity contribution is 4.85. The normalized spacial score (nSPS) is 35.3. The lowest BCUT2D eigenvalue weighted by Gasteiger charge is -2.40. The van der Waals surface area contributed by atoms with Crippen molar-refractivity contribution >= 4 is 0 Å². The molecule has 3 unspecified atom stereocenters. The summed E-state index contributed by atoms with van der Waals surface area (Å²) in [6, 6.07) is 0. The zero-order chi connectivity index (χ0) is 12.8. The first-order chi connectivity index (χ1) is 8.85. The molecule has 0 aromatic heterocycles. The molecule has 1 nitrogen and oxygen atoms in total. The number of hydrogen-bond acceptors (Lipinski definition) is 1. The number of rotatable bonds is 4. The van der Waals surface area contributed by atoms with E-state index < -0.39 is 0 Å². The van der Waals surface area contributed by atoms with Gasteiger partial charge in [0.15, 0.2) is 0 Å². The summed E-state index contributed by atoms with van der Waals surface area (Å²) in [5.41, 5.74) is 6.06. The Bertz CT molecular complexity index is 218. The maximum absolute atomic E-state index is 6.06. The van der Waals surface area contributed by atoms with Gasteiger partial charge < -0.3 is 5.73 Å². The first kappa shape index (κ1) is 14.4. The highest BCUT2D eigenvalue weighted by Gasteiger charge is 2.34. The van der Waals surface area contributed by atoms with Gasteiger partial charge in [-0.05, 0) is 43.1 Å². The van der Waals surface area contributed by atoms with Gasteiger partial charge in [-0.25, -0.2) is 0 Å². The molecule has 106 valence electrons. The van der Waals surface area contributed by atoms with E-state index in [1.165, 1.54) is 70.6 Å². The van der Waals surface area contributed by atoms with Gasteiger partial charge in [-0.1, -0.05) is 64.7 Å². The predicted octanol–water partition coefficient (Wildman–Crippen LogP) is 4.75. The highest BCUT2D eigenvalue weighted by Crippen LogP contribution is 2.43. The Kier molecular flexibility index (Phi) is 6.01. The third-order valence-electron chi connectivity index (χ3n) is 5.66. The molecule has 0 heterocycles. The lowest BCUT2D eigenvalue weighted by Crippen LogP contribution is -2.35. The summed E-state index contributed by atoms with van der Waals surface area (Å²) in [6.45, 7) is 3.29. The molecule has 2 aliphatic carbocycles. The van der Waals surface area contributed by atoms with Crippen molar-refractivity contribution in [3.63, 3.8) is 0 Å². The summed E-state index contributed by atoms with van der Waals surface area (Å²) in [4.78, 5) is 0. The minimum absolute atomic E-state index is 0.848. The molecule has 3 atom stereocenters. The van der Waals surface area contributed by atoms with Crippen LogP contribution in [0.15, 0.2) is 0 Å². The molecule has 0 spiro atoms. The van der Waals surface area contributed by atoms with Gasteiger partial charge in [-0.15, -0.1) is 0 Å². The molecule has 2 fully saturated rings. The second-order valence-corrected chi connectivity index (χ2v) is 6.88. The Morgan fingerprint density at radius 1 is 0.944 bits per heavy atom. The first-order valence-electron chi connectivity index (χ1n) is 8.55. The van der Waals surface area contributed by atoms with E-state index >= 15 is 0 Å². The van der Waals surface area contributed by atoms with Crippen LogP contribution in [0.1, 0.15) is 77.6 Å². The second kappa shape index (κ2) is 7.53. The van der Waals surface area contributed by atoms with E-state index in [1.807, 2.05) is 0 Å². The molecule has 0 aromatic carbocycles. The van der Waals surface area contributed by atoms with Crippen molar-refractivity contribution in [1.82, 2.24) is 0 Å². The molecule has 0 radical (unpaired) electrons. The fraction of sp³-hybridized carbons (Fsp3) is 1.00. The van der Waals surface area contributed by atoms with Crippen LogP contribution in [0.2, 0.25) is 0 Å². The molecule has 18 heavy (non-hydrogen) atoms. The van der Waals surface area contributed by atoms with Gasteiger partial charge in [0.1, 0.15) is 0 Å². The zero-order valence-corrected chi connectivity index (χ0v) is 12.4. The molecule has 2 saturated carbocycles. The maximum atomic E-state index is 6.06. The Balaban J connectivity index is 1.95. The van der Waals surface area contributed by atoms with Gasteiger partial charge in [0.2, 0.25) is 0 Å². The molecular weight excluding hydrogens is 218 g/mol. The zero-order valence-electron chi connectivity index (χ0n) is 12.4. The summed E-state index contributed by atoms with van der Waals surface area (Å²) in [7, 11) is 0. The smallest absolute Gasteiger partial charge is 0.00461 e. The standard InChI is InChI=1S/C17H33N/c1-2-7-14-10-11-16(13-18)17(12-14)15-8-5-3-4-6-9-15/h14-17H,2-13,18H2,1H3. The molecule has 2 rings (SSSR count). The van der Waals surface area contributed by atoms with E-state index in [-0.39, 0.29) is 0 Å². The van der Waals surface area contributed by atoms with Crippen LogP contribution in [-0.4, -0.2) is 6.54 Å². The van der Waals surface area contributed by atoms with Gasteiger partial charge in [0, 0.05) is 0 Å². The van der Waals surface area contributed by atoms with Gasteiger partial charge >= 0.3 is 0 Å². The van der Waals surface area contributed by atoms with Crippen LogP contribution in [0, 0.1) is 23.7 Å². The van der Waals surface area contributed by atoms with Crippen LogP contribution in [0.5, 0.6) is 0 Å². The quantitative estimate of drug-likeness (QED) is 0.717. The predicted molar refractivity (Wildman–Crippen MR) is 79.5 cm³/mol. The number of nitrogens with two attached hydrogens (primary N) is 1. The van der Waals surface area contributed by atoms with Gasteiger partial charge in [-0.2, -0.15) is 0 Å². The van der Waals surface area contributed by atoms with Gasteiger partial charge in [0.05, 0.1) is 0 Å².